The van der Waals surface area contributed by atoms with E-state index in [4.69, 9.17) is 0 Å². The predicted octanol–water partition coefficient (Wildman–Crippen LogP) is 12.5. The third-order valence-corrected chi connectivity index (χ3v) is 10.5. The summed E-state index contributed by atoms with van der Waals surface area (Å²) >= 11 is 0. The van der Waals surface area contributed by atoms with Gasteiger partial charge in [0.15, 0.2) is 0 Å². The van der Waals surface area contributed by atoms with Crippen molar-refractivity contribution in [2.24, 2.45) is 0 Å². The average molecular weight is 639 g/mol. The molecule has 0 radical (unpaired) electrons. The molecule has 50 heavy (non-hydrogen) atoms. The SMILES string of the molecule is C1=CC2c3cc(-c4ccccc4-c4ccccc4-c4ccc5c(c4)c4ccccc4n5-c4ccccc4)ccc3N(c3ccccc3)C2C=C1. The van der Waals surface area contributed by atoms with E-state index in [0.717, 1.165) is 0 Å². The zero-order chi connectivity index (χ0) is 33.0. The van der Waals surface area contributed by atoms with Crippen LogP contribution in [0.25, 0.3) is 60.9 Å². The molecule has 0 saturated heterocycles. The number of rotatable bonds is 5. The molecule has 0 bridgehead atoms. The molecule has 1 aliphatic heterocycles. The molecule has 0 saturated carbocycles. The van der Waals surface area contributed by atoms with Crippen molar-refractivity contribution in [3.8, 4) is 39.1 Å². The third-order valence-electron chi connectivity index (χ3n) is 10.5. The van der Waals surface area contributed by atoms with Crippen LogP contribution in [0, 0.1) is 0 Å². The Bertz CT molecular complexity index is 2610. The van der Waals surface area contributed by atoms with Crippen LogP contribution >= 0.6 is 0 Å². The van der Waals surface area contributed by atoms with Crippen LogP contribution < -0.4 is 4.90 Å². The van der Waals surface area contributed by atoms with Gasteiger partial charge in [-0.2, -0.15) is 0 Å². The predicted molar refractivity (Wildman–Crippen MR) is 210 cm³/mol. The van der Waals surface area contributed by atoms with Crippen LogP contribution in [0.3, 0.4) is 0 Å². The van der Waals surface area contributed by atoms with Gasteiger partial charge in [-0.3, -0.25) is 0 Å². The maximum atomic E-state index is 2.50. The second-order valence-corrected chi connectivity index (χ2v) is 13.3. The van der Waals surface area contributed by atoms with Crippen molar-refractivity contribution in [3.63, 3.8) is 0 Å². The zero-order valence-electron chi connectivity index (χ0n) is 27.5. The van der Waals surface area contributed by atoms with Gasteiger partial charge in [0.05, 0.1) is 17.1 Å². The lowest BCUT2D eigenvalue weighted by atomic mass is 9.86. The minimum absolute atomic E-state index is 0.270. The molecule has 0 amide bonds. The fraction of sp³-hybridized carbons (Fsp3) is 0.0417. The lowest BCUT2D eigenvalue weighted by molar-refractivity contribution is 0.745. The summed E-state index contributed by atoms with van der Waals surface area (Å²) in [5.41, 5.74) is 14.9. The normalized spacial score (nSPS) is 16.2. The van der Waals surface area contributed by atoms with Crippen molar-refractivity contribution >= 4 is 33.2 Å². The highest BCUT2D eigenvalue weighted by atomic mass is 15.2. The van der Waals surface area contributed by atoms with E-state index in [1.165, 1.54) is 77.8 Å². The second-order valence-electron chi connectivity index (χ2n) is 13.3. The summed E-state index contributed by atoms with van der Waals surface area (Å²) < 4.78 is 2.38. The molecule has 2 nitrogen and oxygen atoms in total. The summed E-state index contributed by atoms with van der Waals surface area (Å²) in [6.07, 6.45) is 9.09. The number of para-hydroxylation sites is 3. The Labute approximate surface area is 292 Å². The van der Waals surface area contributed by atoms with Crippen LogP contribution in [0.1, 0.15) is 11.5 Å². The molecular formula is C48H34N2. The number of hydrogen-bond donors (Lipinski definition) is 0. The average Bonchev–Trinajstić information content (AvgIpc) is 3.71. The molecule has 2 heterocycles. The van der Waals surface area contributed by atoms with Gasteiger partial charge in [-0.05, 0) is 93.5 Å². The van der Waals surface area contributed by atoms with Gasteiger partial charge in [-0.25, -0.2) is 0 Å². The van der Waals surface area contributed by atoms with E-state index in [1.807, 2.05) is 0 Å². The monoisotopic (exact) mass is 638 g/mol. The molecule has 0 N–H and O–H groups in total. The van der Waals surface area contributed by atoms with E-state index in [2.05, 4.69) is 204 Å². The fourth-order valence-electron chi connectivity index (χ4n) is 8.33. The Morgan fingerprint density at radius 2 is 0.960 bits per heavy atom. The summed E-state index contributed by atoms with van der Waals surface area (Å²) in [7, 11) is 0. The molecule has 0 fully saturated rings. The highest BCUT2D eigenvalue weighted by Gasteiger charge is 2.37. The quantitative estimate of drug-likeness (QED) is 0.182. The van der Waals surface area contributed by atoms with Gasteiger partial charge in [-0.15, -0.1) is 0 Å². The van der Waals surface area contributed by atoms with E-state index in [-0.39, 0.29) is 6.04 Å². The maximum absolute atomic E-state index is 2.50. The van der Waals surface area contributed by atoms with E-state index < -0.39 is 0 Å². The van der Waals surface area contributed by atoms with Crippen molar-refractivity contribution < 1.29 is 0 Å². The highest BCUT2D eigenvalue weighted by molar-refractivity contribution is 6.11. The van der Waals surface area contributed by atoms with Crippen LogP contribution in [0.5, 0.6) is 0 Å². The first-order chi connectivity index (χ1) is 24.8. The van der Waals surface area contributed by atoms with Crippen molar-refractivity contribution in [2.45, 2.75) is 12.0 Å². The van der Waals surface area contributed by atoms with Crippen LogP contribution in [0.4, 0.5) is 11.4 Å². The molecule has 0 spiro atoms. The Kier molecular flexibility index (Phi) is 6.67. The molecule has 8 aromatic rings. The molecule has 2 unspecified atom stereocenters. The smallest absolute Gasteiger partial charge is 0.0629 e. The lowest BCUT2D eigenvalue weighted by Crippen LogP contribution is -2.28. The van der Waals surface area contributed by atoms with E-state index in [0.29, 0.717) is 5.92 Å². The Hall–Kier alpha value is -6.38. The molecule has 2 atom stereocenters. The first-order valence-corrected chi connectivity index (χ1v) is 17.4. The Morgan fingerprint density at radius 1 is 0.400 bits per heavy atom. The van der Waals surface area contributed by atoms with Gasteiger partial charge in [0.2, 0.25) is 0 Å². The van der Waals surface area contributed by atoms with Gasteiger partial charge in [-0.1, -0.05) is 140 Å². The van der Waals surface area contributed by atoms with Gasteiger partial charge in [0.25, 0.3) is 0 Å². The lowest BCUT2D eigenvalue weighted by Gasteiger charge is -2.28. The first-order valence-electron chi connectivity index (χ1n) is 17.4. The summed E-state index contributed by atoms with van der Waals surface area (Å²) in [5, 5.41) is 2.52. The largest absolute Gasteiger partial charge is 0.333 e. The van der Waals surface area contributed by atoms with Gasteiger partial charge in [0, 0.05) is 33.8 Å². The Morgan fingerprint density at radius 3 is 1.70 bits per heavy atom. The van der Waals surface area contributed by atoms with Crippen molar-refractivity contribution in [1.82, 2.24) is 4.57 Å². The molecule has 2 aliphatic rings. The second kappa shape index (κ2) is 11.6. The molecule has 1 aromatic heterocycles. The molecular weight excluding hydrogens is 605 g/mol. The number of allylic oxidation sites excluding steroid dienone is 2. The summed E-state index contributed by atoms with van der Waals surface area (Å²) in [4.78, 5) is 2.50. The highest BCUT2D eigenvalue weighted by Crippen LogP contribution is 2.49. The summed E-state index contributed by atoms with van der Waals surface area (Å²) in [6.45, 7) is 0. The standard InChI is InChI=1S/C48H34N2/c1-3-15-35(16-4-1)49-45-25-13-11-23-41(45)43-31-33(27-29-47(43)49)37-19-7-9-21-39(37)40-22-10-8-20-38(40)34-28-30-48-44(32-34)42-24-12-14-26-46(42)50(48)36-17-5-2-6-18-36/h1-32,41,45H. The van der Waals surface area contributed by atoms with Crippen LogP contribution in [-0.2, 0) is 0 Å². The molecule has 2 heteroatoms. The Balaban J connectivity index is 1.11. The third kappa shape index (κ3) is 4.49. The van der Waals surface area contributed by atoms with Crippen LogP contribution in [0.2, 0.25) is 0 Å². The van der Waals surface area contributed by atoms with Crippen molar-refractivity contribution in [2.75, 3.05) is 4.90 Å². The number of nitrogens with zero attached hydrogens (tertiary/aromatic N) is 2. The van der Waals surface area contributed by atoms with Crippen LogP contribution in [0.15, 0.2) is 194 Å². The van der Waals surface area contributed by atoms with Crippen LogP contribution in [-0.4, -0.2) is 10.6 Å². The molecule has 7 aromatic carbocycles. The van der Waals surface area contributed by atoms with E-state index in [9.17, 15) is 0 Å². The number of anilines is 2. The van der Waals surface area contributed by atoms with Gasteiger partial charge >= 0.3 is 0 Å². The van der Waals surface area contributed by atoms with Gasteiger partial charge < -0.3 is 9.47 Å². The fourth-order valence-corrected chi connectivity index (χ4v) is 8.33. The minimum Gasteiger partial charge on any atom is -0.333 e. The molecule has 10 rings (SSSR count). The number of benzene rings is 7. The van der Waals surface area contributed by atoms with E-state index in [1.54, 1.807) is 0 Å². The number of hydrogen-bond acceptors (Lipinski definition) is 1. The minimum atomic E-state index is 0.270. The summed E-state index contributed by atoms with van der Waals surface area (Å²) in [5.74, 6) is 0.305. The summed E-state index contributed by atoms with van der Waals surface area (Å²) in [6, 6.07) is 62.3. The van der Waals surface area contributed by atoms with E-state index >= 15 is 0 Å². The topological polar surface area (TPSA) is 8.17 Å². The maximum Gasteiger partial charge on any atom is 0.0629 e. The first kappa shape index (κ1) is 28.6. The van der Waals surface area contributed by atoms with Crippen molar-refractivity contribution in [3.05, 3.63) is 200 Å². The molecule has 236 valence electrons. The van der Waals surface area contributed by atoms with Crippen molar-refractivity contribution in [1.29, 1.82) is 0 Å². The van der Waals surface area contributed by atoms with Gasteiger partial charge in [0.1, 0.15) is 0 Å². The number of aromatic nitrogens is 1. The number of fused-ring (bicyclic) bond motifs is 6. The molecule has 1 aliphatic carbocycles. The zero-order valence-corrected chi connectivity index (χ0v) is 27.5.